The van der Waals surface area contributed by atoms with Gasteiger partial charge in [-0.1, -0.05) is 20.8 Å². The fourth-order valence-corrected chi connectivity index (χ4v) is 2.79. The Balaban J connectivity index is 2.41. The van der Waals surface area contributed by atoms with E-state index >= 15 is 0 Å². The first-order chi connectivity index (χ1) is 9.73. The third-order valence-electron chi connectivity index (χ3n) is 3.79. The van der Waals surface area contributed by atoms with Gasteiger partial charge in [0.25, 0.3) is 0 Å². The molecule has 1 fully saturated rings. The Bertz CT molecular complexity index is 365. The minimum Gasteiger partial charge on any atom is -0.481 e. The second-order valence-electron chi connectivity index (χ2n) is 6.97. The zero-order chi connectivity index (χ0) is 16.0. The molecule has 0 spiro atoms. The second kappa shape index (κ2) is 7.64. The van der Waals surface area contributed by atoms with E-state index in [1.807, 2.05) is 20.8 Å². The van der Waals surface area contributed by atoms with Crippen LogP contribution in [0.1, 0.15) is 46.5 Å². The number of nitrogens with one attached hydrogen (secondary N) is 2. The summed E-state index contributed by atoms with van der Waals surface area (Å²) in [5.74, 6) is -1.45. The number of ether oxygens (including phenoxy) is 1. The van der Waals surface area contributed by atoms with Gasteiger partial charge in [-0.15, -0.1) is 0 Å². The van der Waals surface area contributed by atoms with E-state index in [1.54, 1.807) is 7.11 Å². The topological polar surface area (TPSA) is 87.7 Å². The second-order valence-corrected chi connectivity index (χ2v) is 6.97. The number of carboxylic acid groups (broad SMARTS) is 1. The molecule has 0 aromatic carbocycles. The average molecular weight is 300 g/mol. The highest BCUT2D eigenvalue weighted by atomic mass is 16.5. The normalized spacial score (nSPS) is 23.6. The number of amides is 2. The zero-order valence-electron chi connectivity index (χ0n) is 13.4. The number of hydrogen-bond acceptors (Lipinski definition) is 3. The van der Waals surface area contributed by atoms with Crippen molar-refractivity contribution in [1.82, 2.24) is 10.6 Å². The van der Waals surface area contributed by atoms with Crippen molar-refractivity contribution in [3.05, 3.63) is 0 Å². The molecule has 1 aliphatic rings. The number of carbonyl (C=O) groups excluding carboxylic acids is 1. The highest BCUT2D eigenvalue weighted by Gasteiger charge is 2.29. The number of methoxy groups -OCH3 is 1. The number of carboxylic acids is 1. The van der Waals surface area contributed by atoms with Gasteiger partial charge in [-0.25, -0.2) is 4.79 Å². The molecular formula is C15H28N2O4. The highest BCUT2D eigenvalue weighted by Crippen LogP contribution is 2.24. The van der Waals surface area contributed by atoms with Crippen molar-refractivity contribution in [3.63, 3.8) is 0 Å². The van der Waals surface area contributed by atoms with Gasteiger partial charge in [-0.3, -0.25) is 4.79 Å². The largest absolute Gasteiger partial charge is 0.481 e. The van der Waals surface area contributed by atoms with Crippen molar-refractivity contribution < 1.29 is 19.4 Å². The van der Waals surface area contributed by atoms with Gasteiger partial charge in [-0.2, -0.15) is 0 Å². The number of rotatable bonds is 6. The smallest absolute Gasteiger partial charge is 0.315 e. The number of aliphatic carboxylic acids is 1. The van der Waals surface area contributed by atoms with Crippen LogP contribution >= 0.6 is 0 Å². The number of hydrogen-bond donors (Lipinski definition) is 3. The summed E-state index contributed by atoms with van der Waals surface area (Å²) in [5.41, 5.74) is -0.0895. The van der Waals surface area contributed by atoms with E-state index in [4.69, 9.17) is 4.74 Å². The van der Waals surface area contributed by atoms with Crippen LogP contribution in [-0.4, -0.2) is 42.9 Å². The van der Waals surface area contributed by atoms with Crippen LogP contribution in [-0.2, 0) is 9.53 Å². The Morgan fingerprint density at radius 2 is 2.00 bits per heavy atom. The molecular weight excluding hydrogens is 272 g/mol. The van der Waals surface area contributed by atoms with Crippen molar-refractivity contribution in [2.45, 2.75) is 58.6 Å². The first kappa shape index (κ1) is 17.8. The molecule has 0 saturated heterocycles. The maximum Gasteiger partial charge on any atom is 0.315 e. The summed E-state index contributed by atoms with van der Waals surface area (Å²) in [4.78, 5) is 23.1. The van der Waals surface area contributed by atoms with Crippen LogP contribution < -0.4 is 10.6 Å². The summed E-state index contributed by atoms with van der Waals surface area (Å²) < 4.78 is 5.32. The van der Waals surface area contributed by atoms with E-state index < -0.39 is 11.9 Å². The molecule has 0 bridgehead atoms. The molecule has 3 unspecified atom stereocenters. The van der Waals surface area contributed by atoms with Crippen molar-refractivity contribution in [3.8, 4) is 0 Å². The van der Waals surface area contributed by atoms with Crippen molar-refractivity contribution in [2.75, 3.05) is 13.7 Å². The van der Waals surface area contributed by atoms with Crippen molar-refractivity contribution >= 4 is 12.0 Å². The molecule has 0 aromatic rings. The van der Waals surface area contributed by atoms with Crippen LogP contribution in [0.15, 0.2) is 0 Å². The van der Waals surface area contributed by atoms with Crippen LogP contribution in [0.25, 0.3) is 0 Å². The predicted octanol–water partition coefficient (Wildman–Crippen LogP) is 1.99. The van der Waals surface area contributed by atoms with Crippen LogP contribution in [0.4, 0.5) is 4.79 Å². The van der Waals surface area contributed by atoms with Gasteiger partial charge in [0, 0.05) is 13.7 Å². The molecule has 3 N–H and O–H groups in total. The number of urea groups is 1. The van der Waals surface area contributed by atoms with E-state index in [0.29, 0.717) is 6.42 Å². The fourth-order valence-electron chi connectivity index (χ4n) is 2.79. The third kappa shape index (κ3) is 6.33. The fraction of sp³-hybridized carbons (Fsp3) is 0.867. The minimum absolute atomic E-state index is 0.0147. The first-order valence-corrected chi connectivity index (χ1v) is 7.53. The molecule has 0 heterocycles. The van der Waals surface area contributed by atoms with Gasteiger partial charge < -0.3 is 20.5 Å². The minimum atomic E-state index is -0.874. The van der Waals surface area contributed by atoms with Gasteiger partial charge in [0.2, 0.25) is 0 Å². The lowest BCUT2D eigenvalue weighted by atomic mass is 9.84. The standard InChI is InChI=1S/C15H28N2O4/c1-15(2,3)8-10(13(18)19)9-16-14(20)17-11-6-5-7-12(11)21-4/h10-12H,5-9H2,1-4H3,(H,18,19)(H2,16,17,20). The molecule has 6 nitrogen and oxygen atoms in total. The van der Waals surface area contributed by atoms with Gasteiger partial charge in [0.05, 0.1) is 18.1 Å². The Kier molecular flexibility index (Phi) is 6.45. The molecule has 0 aliphatic heterocycles. The maximum atomic E-state index is 11.9. The van der Waals surface area contributed by atoms with E-state index in [2.05, 4.69) is 10.6 Å². The van der Waals surface area contributed by atoms with Crippen LogP contribution in [0.5, 0.6) is 0 Å². The van der Waals surface area contributed by atoms with E-state index in [-0.39, 0.29) is 30.1 Å². The molecule has 3 atom stereocenters. The van der Waals surface area contributed by atoms with E-state index in [1.165, 1.54) is 0 Å². The summed E-state index contributed by atoms with van der Waals surface area (Å²) in [5, 5.41) is 14.8. The average Bonchev–Trinajstić information content (AvgIpc) is 2.80. The van der Waals surface area contributed by atoms with Crippen LogP contribution in [0.3, 0.4) is 0 Å². The van der Waals surface area contributed by atoms with Gasteiger partial charge in [0.15, 0.2) is 0 Å². The van der Waals surface area contributed by atoms with Crippen molar-refractivity contribution in [1.29, 1.82) is 0 Å². The third-order valence-corrected chi connectivity index (χ3v) is 3.79. The van der Waals surface area contributed by atoms with Crippen molar-refractivity contribution in [2.24, 2.45) is 11.3 Å². The maximum absolute atomic E-state index is 11.9. The highest BCUT2D eigenvalue weighted by molar-refractivity contribution is 5.76. The molecule has 21 heavy (non-hydrogen) atoms. The summed E-state index contributed by atoms with van der Waals surface area (Å²) in [7, 11) is 1.65. The first-order valence-electron chi connectivity index (χ1n) is 7.53. The summed E-state index contributed by atoms with van der Waals surface area (Å²) in [6.07, 6.45) is 3.46. The number of carbonyl (C=O) groups is 2. The lowest BCUT2D eigenvalue weighted by Crippen LogP contribution is -2.47. The zero-order valence-corrected chi connectivity index (χ0v) is 13.4. The quantitative estimate of drug-likeness (QED) is 0.700. The molecule has 6 heteroatoms. The Morgan fingerprint density at radius 1 is 1.33 bits per heavy atom. The van der Waals surface area contributed by atoms with Gasteiger partial charge in [-0.05, 0) is 31.1 Å². The monoisotopic (exact) mass is 300 g/mol. The lowest BCUT2D eigenvalue weighted by Gasteiger charge is -2.24. The van der Waals surface area contributed by atoms with Crippen LogP contribution in [0, 0.1) is 11.3 Å². The van der Waals surface area contributed by atoms with Crippen LogP contribution in [0.2, 0.25) is 0 Å². The Labute approximate surface area is 126 Å². The predicted molar refractivity (Wildman–Crippen MR) is 80.2 cm³/mol. The van der Waals surface area contributed by atoms with E-state index in [9.17, 15) is 14.7 Å². The molecule has 122 valence electrons. The van der Waals surface area contributed by atoms with Gasteiger partial charge >= 0.3 is 12.0 Å². The molecule has 0 radical (unpaired) electrons. The molecule has 0 aromatic heterocycles. The summed E-state index contributed by atoms with van der Waals surface area (Å²) in [6, 6.07) is -0.301. The Morgan fingerprint density at radius 3 is 2.52 bits per heavy atom. The molecule has 1 saturated carbocycles. The van der Waals surface area contributed by atoms with Gasteiger partial charge in [0.1, 0.15) is 0 Å². The summed E-state index contributed by atoms with van der Waals surface area (Å²) in [6.45, 7) is 6.11. The summed E-state index contributed by atoms with van der Waals surface area (Å²) >= 11 is 0. The molecule has 1 aliphatic carbocycles. The SMILES string of the molecule is COC1CCCC1NC(=O)NCC(CC(C)(C)C)C(=O)O. The molecule has 1 rings (SSSR count). The molecule has 2 amide bonds. The van der Waals surface area contributed by atoms with E-state index in [0.717, 1.165) is 19.3 Å². The lowest BCUT2D eigenvalue weighted by molar-refractivity contribution is -0.142. The Hall–Kier alpha value is -1.30.